The highest BCUT2D eigenvalue weighted by Gasteiger charge is 2.30. The normalized spacial score (nSPS) is 12.7. The Morgan fingerprint density at radius 1 is 1.13 bits per heavy atom. The summed E-state index contributed by atoms with van der Waals surface area (Å²) in [5, 5.41) is 6.26. The number of imidazole rings is 1. The molecule has 0 spiro atoms. The molecular weight excluding hydrogens is 431 g/mol. The van der Waals surface area contributed by atoms with Crippen LogP contribution in [0.15, 0.2) is 43.0 Å². The maximum Gasteiger partial charge on any atom is 0.416 e. The molecule has 3 aromatic heterocycles. The van der Waals surface area contributed by atoms with Gasteiger partial charge in [0.15, 0.2) is 10.8 Å². The number of alkyl halides is 3. The van der Waals surface area contributed by atoms with Gasteiger partial charge in [0, 0.05) is 23.8 Å². The lowest BCUT2D eigenvalue weighted by Crippen LogP contribution is -2.28. The Morgan fingerprint density at radius 2 is 1.87 bits per heavy atom. The van der Waals surface area contributed by atoms with E-state index in [0.717, 1.165) is 17.0 Å². The van der Waals surface area contributed by atoms with Gasteiger partial charge in [-0.05, 0) is 31.2 Å². The second-order valence-electron chi connectivity index (χ2n) is 6.72. The molecule has 0 saturated heterocycles. The molecule has 0 fully saturated rings. The van der Waals surface area contributed by atoms with Gasteiger partial charge in [-0.15, -0.1) is 0 Å². The highest BCUT2D eigenvalue weighted by molar-refractivity contribution is 7.15. The van der Waals surface area contributed by atoms with Crippen molar-refractivity contribution in [2.24, 2.45) is 7.05 Å². The zero-order valence-corrected chi connectivity index (χ0v) is 17.1. The number of nitrogens with zero attached hydrogens (tertiary/aromatic N) is 5. The van der Waals surface area contributed by atoms with E-state index in [2.05, 4.69) is 30.6 Å². The molecular formula is C19H16F3N7OS. The molecule has 1 amide bonds. The number of rotatable bonds is 5. The summed E-state index contributed by atoms with van der Waals surface area (Å²) < 4.78 is 39.7. The number of halogens is 3. The SMILES string of the molecule is CC(NC(=O)c1ncc2ncn(C)c2n1)c1cnc(Nc2ccc(C(F)(F)F)cc2)s1. The van der Waals surface area contributed by atoms with Crippen molar-refractivity contribution in [2.75, 3.05) is 5.32 Å². The van der Waals surface area contributed by atoms with Gasteiger partial charge in [0.2, 0.25) is 5.82 Å². The van der Waals surface area contributed by atoms with Crippen LogP contribution in [0.1, 0.15) is 34.0 Å². The number of hydrogen-bond acceptors (Lipinski definition) is 7. The van der Waals surface area contributed by atoms with Crippen molar-refractivity contribution < 1.29 is 18.0 Å². The molecule has 0 aliphatic rings. The van der Waals surface area contributed by atoms with Gasteiger partial charge in [0.1, 0.15) is 5.52 Å². The average molecular weight is 447 g/mol. The van der Waals surface area contributed by atoms with E-state index < -0.39 is 17.6 Å². The molecule has 1 unspecified atom stereocenters. The van der Waals surface area contributed by atoms with Crippen molar-refractivity contribution in [2.45, 2.75) is 19.1 Å². The number of amides is 1. The maximum atomic E-state index is 12.7. The lowest BCUT2D eigenvalue weighted by Gasteiger charge is -2.11. The van der Waals surface area contributed by atoms with Gasteiger partial charge in [-0.1, -0.05) is 11.3 Å². The summed E-state index contributed by atoms with van der Waals surface area (Å²) >= 11 is 1.28. The minimum Gasteiger partial charge on any atom is -0.342 e. The summed E-state index contributed by atoms with van der Waals surface area (Å²) in [4.78, 5) is 29.9. The Morgan fingerprint density at radius 3 is 2.58 bits per heavy atom. The van der Waals surface area contributed by atoms with Crippen molar-refractivity contribution in [1.82, 2.24) is 29.8 Å². The second-order valence-corrected chi connectivity index (χ2v) is 7.78. The first-order valence-electron chi connectivity index (χ1n) is 9.05. The zero-order valence-electron chi connectivity index (χ0n) is 16.3. The summed E-state index contributed by atoms with van der Waals surface area (Å²) in [7, 11) is 1.77. The van der Waals surface area contributed by atoms with Crippen LogP contribution in [-0.2, 0) is 13.2 Å². The summed E-state index contributed by atoms with van der Waals surface area (Å²) in [6.07, 6.45) is 0.283. The smallest absolute Gasteiger partial charge is 0.342 e. The Kier molecular flexibility index (Phi) is 5.31. The first kappa shape index (κ1) is 20.7. The van der Waals surface area contributed by atoms with Gasteiger partial charge >= 0.3 is 6.18 Å². The molecule has 12 heteroatoms. The topological polar surface area (TPSA) is 97.6 Å². The van der Waals surface area contributed by atoms with Gasteiger partial charge in [0.05, 0.1) is 24.1 Å². The lowest BCUT2D eigenvalue weighted by atomic mass is 10.2. The minimum absolute atomic E-state index is 0.0237. The van der Waals surface area contributed by atoms with Crippen LogP contribution in [0.4, 0.5) is 24.0 Å². The van der Waals surface area contributed by atoms with Crippen LogP contribution in [0, 0.1) is 0 Å². The molecule has 4 rings (SSSR count). The third-order valence-electron chi connectivity index (χ3n) is 4.42. The fraction of sp³-hybridized carbons (Fsp3) is 0.211. The molecule has 0 bridgehead atoms. The van der Waals surface area contributed by atoms with Crippen LogP contribution >= 0.6 is 11.3 Å². The molecule has 0 aliphatic heterocycles. The van der Waals surface area contributed by atoms with Gasteiger partial charge in [-0.2, -0.15) is 13.2 Å². The van der Waals surface area contributed by atoms with E-state index >= 15 is 0 Å². The third-order valence-corrected chi connectivity index (χ3v) is 5.51. The van der Waals surface area contributed by atoms with Crippen LogP contribution < -0.4 is 10.6 Å². The first-order valence-corrected chi connectivity index (χ1v) is 9.87. The van der Waals surface area contributed by atoms with E-state index in [1.807, 2.05) is 0 Å². The average Bonchev–Trinajstić information content (AvgIpc) is 3.34. The van der Waals surface area contributed by atoms with Crippen molar-refractivity contribution in [3.8, 4) is 0 Å². The first-order chi connectivity index (χ1) is 14.7. The van der Waals surface area contributed by atoms with Gasteiger partial charge in [0.25, 0.3) is 5.91 Å². The highest BCUT2D eigenvalue weighted by Crippen LogP contribution is 2.31. The molecule has 31 heavy (non-hydrogen) atoms. The molecule has 4 aromatic rings. The minimum atomic E-state index is -4.38. The molecule has 8 nitrogen and oxygen atoms in total. The fourth-order valence-corrected chi connectivity index (χ4v) is 3.61. The molecule has 1 atom stereocenters. The predicted octanol–water partition coefficient (Wildman–Crippen LogP) is 4.07. The summed E-state index contributed by atoms with van der Waals surface area (Å²) in [6, 6.07) is 4.29. The van der Waals surface area contributed by atoms with E-state index in [-0.39, 0.29) is 11.9 Å². The molecule has 3 heterocycles. The number of fused-ring (bicyclic) bond motifs is 1. The van der Waals surface area contributed by atoms with E-state index in [1.165, 1.54) is 29.7 Å². The van der Waals surface area contributed by atoms with Gasteiger partial charge in [-0.3, -0.25) is 4.79 Å². The molecule has 0 saturated carbocycles. The highest BCUT2D eigenvalue weighted by atomic mass is 32.1. The summed E-state index contributed by atoms with van der Waals surface area (Å²) in [5.41, 5.74) is 0.895. The molecule has 1 aromatic carbocycles. The number of anilines is 2. The zero-order chi connectivity index (χ0) is 22.2. The Hall–Kier alpha value is -3.54. The molecule has 0 aliphatic carbocycles. The Balaban J connectivity index is 1.42. The molecule has 2 N–H and O–H groups in total. The van der Waals surface area contributed by atoms with Crippen LogP contribution in [0.25, 0.3) is 11.2 Å². The molecule has 0 radical (unpaired) electrons. The Labute approximate surface area is 178 Å². The quantitative estimate of drug-likeness (QED) is 0.479. The number of thiazole rings is 1. The monoisotopic (exact) mass is 447 g/mol. The number of carbonyl (C=O) groups excluding carboxylic acids is 1. The number of hydrogen-bond donors (Lipinski definition) is 2. The number of aryl methyl sites for hydroxylation is 1. The predicted molar refractivity (Wildman–Crippen MR) is 109 cm³/mol. The van der Waals surface area contributed by atoms with Crippen LogP contribution in [0.2, 0.25) is 0 Å². The van der Waals surface area contributed by atoms with Crippen molar-refractivity contribution >= 4 is 39.2 Å². The van der Waals surface area contributed by atoms with Crippen molar-refractivity contribution in [3.05, 3.63) is 59.3 Å². The second kappa shape index (κ2) is 7.95. The maximum absolute atomic E-state index is 12.7. The number of aromatic nitrogens is 5. The van der Waals surface area contributed by atoms with E-state index in [1.54, 1.807) is 31.1 Å². The fourth-order valence-electron chi connectivity index (χ4n) is 2.77. The third kappa shape index (κ3) is 4.48. The standard InChI is InChI=1S/C19H16F3N7OS/c1-10(26-17(30)15-23-7-13-16(28-15)29(2)9-25-13)14-8-24-18(31-14)27-12-5-3-11(4-6-12)19(20,21)22/h3-10H,1-2H3,(H,24,27)(H,26,30). The largest absolute Gasteiger partial charge is 0.416 e. The van der Waals surface area contributed by atoms with Crippen LogP contribution in [0.3, 0.4) is 0 Å². The van der Waals surface area contributed by atoms with Gasteiger partial charge < -0.3 is 15.2 Å². The van der Waals surface area contributed by atoms with Crippen molar-refractivity contribution in [3.63, 3.8) is 0 Å². The van der Waals surface area contributed by atoms with Crippen LogP contribution in [0.5, 0.6) is 0 Å². The molecule has 160 valence electrons. The van der Waals surface area contributed by atoms with Crippen molar-refractivity contribution in [1.29, 1.82) is 0 Å². The van der Waals surface area contributed by atoms with E-state index in [0.29, 0.717) is 22.0 Å². The van der Waals surface area contributed by atoms with Crippen LogP contribution in [-0.4, -0.2) is 30.4 Å². The lowest BCUT2D eigenvalue weighted by molar-refractivity contribution is -0.137. The van der Waals surface area contributed by atoms with Gasteiger partial charge in [-0.25, -0.2) is 19.9 Å². The number of benzene rings is 1. The summed E-state index contributed by atoms with van der Waals surface area (Å²) in [5.74, 6) is -0.420. The number of nitrogens with one attached hydrogen (secondary N) is 2. The van der Waals surface area contributed by atoms with E-state index in [4.69, 9.17) is 0 Å². The Bertz CT molecular complexity index is 1230. The number of carbonyl (C=O) groups is 1. The van der Waals surface area contributed by atoms with E-state index in [9.17, 15) is 18.0 Å². The summed E-state index contributed by atoms with van der Waals surface area (Å²) in [6.45, 7) is 1.79.